The van der Waals surface area contributed by atoms with Crippen LogP contribution in [0.2, 0.25) is 0 Å². The van der Waals surface area contributed by atoms with E-state index in [0.29, 0.717) is 0 Å². The molecule has 2 N–H and O–H groups in total. The molecule has 11 nitrogen and oxygen atoms in total. The van der Waals surface area contributed by atoms with Crippen molar-refractivity contribution >= 4 is 34.5 Å². The van der Waals surface area contributed by atoms with Crippen molar-refractivity contribution in [3.8, 4) is 0 Å². The smallest absolute Gasteiger partial charge is 0.342 e. The Balaban J connectivity index is 1.79. The minimum atomic E-state index is -0.718. The summed E-state index contributed by atoms with van der Waals surface area (Å²) in [7, 11) is 0. The molecule has 3 rings (SSSR count). The number of hydrogen-bond acceptors (Lipinski definition) is 10. The van der Waals surface area contributed by atoms with Gasteiger partial charge in [-0.15, -0.1) is 0 Å². The standard InChI is InChI=1S/C18H16N4O7/c1-3-27-18(24)13-9(2)29-16-14(13)15(19)20-12(21-16)8-28-17(23)10-4-6-11(7-5-10)22(25)26/h4-7H,3,8H2,1-2H3,(H2,19,20,21). The fourth-order valence-corrected chi connectivity index (χ4v) is 2.63. The summed E-state index contributed by atoms with van der Waals surface area (Å²) in [6.07, 6.45) is 0. The van der Waals surface area contributed by atoms with E-state index in [1.165, 1.54) is 24.3 Å². The fourth-order valence-electron chi connectivity index (χ4n) is 2.63. The number of rotatable bonds is 6. The molecule has 150 valence electrons. The molecule has 0 spiro atoms. The monoisotopic (exact) mass is 400 g/mol. The third-order valence-electron chi connectivity index (χ3n) is 3.93. The first-order valence-electron chi connectivity index (χ1n) is 8.46. The summed E-state index contributed by atoms with van der Waals surface area (Å²) in [5, 5.41) is 10.9. The maximum atomic E-state index is 12.1. The van der Waals surface area contributed by atoms with E-state index in [0.717, 1.165) is 0 Å². The van der Waals surface area contributed by atoms with Gasteiger partial charge in [0, 0.05) is 12.1 Å². The molecule has 0 unspecified atom stereocenters. The van der Waals surface area contributed by atoms with Gasteiger partial charge in [-0.1, -0.05) is 0 Å². The molecule has 0 aliphatic heterocycles. The summed E-state index contributed by atoms with van der Waals surface area (Å²) >= 11 is 0. The van der Waals surface area contributed by atoms with Gasteiger partial charge in [-0.2, -0.15) is 4.98 Å². The van der Waals surface area contributed by atoms with Crippen LogP contribution in [0.3, 0.4) is 0 Å². The van der Waals surface area contributed by atoms with Gasteiger partial charge in [0.25, 0.3) is 5.69 Å². The van der Waals surface area contributed by atoms with E-state index < -0.39 is 16.9 Å². The number of esters is 2. The SMILES string of the molecule is CCOC(=O)c1c(C)oc2nc(COC(=O)c3ccc([N+](=O)[O-])cc3)nc(N)c12. The third-order valence-corrected chi connectivity index (χ3v) is 3.93. The Kier molecular flexibility index (Phi) is 5.39. The largest absolute Gasteiger partial charge is 0.462 e. The number of benzene rings is 1. The van der Waals surface area contributed by atoms with Crippen LogP contribution < -0.4 is 5.73 Å². The number of furan rings is 1. The highest BCUT2D eigenvalue weighted by atomic mass is 16.6. The predicted molar refractivity (Wildman–Crippen MR) is 99.1 cm³/mol. The third kappa shape index (κ3) is 3.98. The lowest BCUT2D eigenvalue weighted by atomic mass is 10.2. The molecule has 0 fully saturated rings. The van der Waals surface area contributed by atoms with Crippen LogP contribution >= 0.6 is 0 Å². The molecule has 0 amide bonds. The van der Waals surface area contributed by atoms with Crippen molar-refractivity contribution in [1.82, 2.24) is 9.97 Å². The summed E-state index contributed by atoms with van der Waals surface area (Å²) in [5.74, 6) is -0.994. The number of nitrogens with two attached hydrogens (primary N) is 1. The number of anilines is 1. The average Bonchev–Trinajstić information content (AvgIpc) is 3.02. The molecule has 3 aromatic rings. The van der Waals surface area contributed by atoms with Gasteiger partial charge in [-0.05, 0) is 26.0 Å². The van der Waals surface area contributed by atoms with E-state index in [-0.39, 0.29) is 58.5 Å². The number of nitro groups is 1. The normalized spacial score (nSPS) is 10.7. The Hall–Kier alpha value is -4.02. The highest BCUT2D eigenvalue weighted by molar-refractivity contribution is 6.07. The number of carbonyl (C=O) groups excluding carboxylic acids is 2. The second-order valence-electron chi connectivity index (χ2n) is 5.84. The Morgan fingerprint density at radius 3 is 2.48 bits per heavy atom. The van der Waals surface area contributed by atoms with Crippen LogP contribution in [-0.4, -0.2) is 33.4 Å². The molecule has 0 saturated carbocycles. The summed E-state index contributed by atoms with van der Waals surface area (Å²) in [4.78, 5) is 42.5. The average molecular weight is 400 g/mol. The van der Waals surface area contributed by atoms with E-state index in [1.54, 1.807) is 13.8 Å². The van der Waals surface area contributed by atoms with Crippen molar-refractivity contribution in [3.05, 3.63) is 57.1 Å². The van der Waals surface area contributed by atoms with Crippen LogP contribution in [0.5, 0.6) is 0 Å². The number of carbonyl (C=O) groups is 2. The van der Waals surface area contributed by atoms with Crippen molar-refractivity contribution in [1.29, 1.82) is 0 Å². The molecule has 0 saturated heterocycles. The first-order chi connectivity index (χ1) is 13.8. The van der Waals surface area contributed by atoms with Crippen molar-refractivity contribution in [2.24, 2.45) is 0 Å². The summed E-state index contributed by atoms with van der Waals surface area (Å²) in [6, 6.07) is 4.94. The molecule has 1 aromatic carbocycles. The molecular formula is C18H16N4O7. The molecule has 0 aliphatic carbocycles. The van der Waals surface area contributed by atoms with E-state index in [9.17, 15) is 19.7 Å². The van der Waals surface area contributed by atoms with E-state index >= 15 is 0 Å². The number of ether oxygens (including phenoxy) is 2. The quantitative estimate of drug-likeness (QED) is 0.370. The van der Waals surface area contributed by atoms with E-state index in [1.807, 2.05) is 0 Å². The minimum Gasteiger partial charge on any atom is -0.462 e. The van der Waals surface area contributed by atoms with E-state index in [2.05, 4.69) is 9.97 Å². The zero-order valence-electron chi connectivity index (χ0n) is 15.5. The number of non-ortho nitro benzene ring substituents is 1. The lowest BCUT2D eigenvalue weighted by molar-refractivity contribution is -0.384. The molecular weight excluding hydrogens is 384 g/mol. The summed E-state index contributed by atoms with van der Waals surface area (Å²) < 4.78 is 15.6. The van der Waals surface area contributed by atoms with Gasteiger partial charge >= 0.3 is 11.9 Å². The molecule has 11 heteroatoms. The van der Waals surface area contributed by atoms with Crippen LogP contribution in [0.25, 0.3) is 11.1 Å². The molecule has 0 radical (unpaired) electrons. The molecule has 29 heavy (non-hydrogen) atoms. The lowest BCUT2D eigenvalue weighted by Crippen LogP contribution is -2.10. The molecule has 0 aliphatic rings. The number of aromatic nitrogens is 2. The number of nitro benzene ring substituents is 1. The Morgan fingerprint density at radius 1 is 1.17 bits per heavy atom. The van der Waals surface area contributed by atoms with Gasteiger partial charge in [-0.25, -0.2) is 14.6 Å². The minimum absolute atomic E-state index is 0.0173. The van der Waals surface area contributed by atoms with Gasteiger partial charge in [0.1, 0.15) is 17.1 Å². The number of hydrogen-bond donors (Lipinski definition) is 1. The van der Waals surface area contributed by atoms with Gasteiger partial charge < -0.3 is 19.6 Å². The topological polar surface area (TPSA) is 161 Å². The number of fused-ring (bicyclic) bond motifs is 1. The van der Waals surface area contributed by atoms with Gasteiger partial charge in [0.05, 0.1) is 22.5 Å². The highest BCUT2D eigenvalue weighted by Gasteiger charge is 2.24. The summed E-state index contributed by atoms with van der Waals surface area (Å²) in [5.41, 5.74) is 6.14. The molecule has 0 bridgehead atoms. The van der Waals surface area contributed by atoms with Gasteiger partial charge in [-0.3, -0.25) is 10.1 Å². The van der Waals surface area contributed by atoms with E-state index in [4.69, 9.17) is 19.6 Å². The van der Waals surface area contributed by atoms with Gasteiger partial charge in [0.2, 0.25) is 5.71 Å². The zero-order chi connectivity index (χ0) is 21.1. The Morgan fingerprint density at radius 2 is 1.86 bits per heavy atom. The molecule has 0 atom stereocenters. The van der Waals surface area contributed by atoms with Crippen LogP contribution in [0.1, 0.15) is 39.2 Å². The van der Waals surface area contributed by atoms with Crippen molar-refractivity contribution < 1.29 is 28.4 Å². The lowest BCUT2D eigenvalue weighted by Gasteiger charge is -2.05. The fraction of sp³-hybridized carbons (Fsp3) is 0.222. The van der Waals surface area contributed by atoms with Crippen LogP contribution in [-0.2, 0) is 16.1 Å². The van der Waals surface area contributed by atoms with Crippen molar-refractivity contribution in [2.45, 2.75) is 20.5 Å². The second kappa shape index (κ2) is 7.92. The molecule has 2 aromatic heterocycles. The Labute approximate surface area is 163 Å². The first kappa shape index (κ1) is 19.7. The maximum absolute atomic E-state index is 12.1. The maximum Gasteiger partial charge on any atom is 0.342 e. The molecule has 2 heterocycles. The zero-order valence-corrected chi connectivity index (χ0v) is 15.5. The van der Waals surface area contributed by atoms with Crippen LogP contribution in [0, 0.1) is 17.0 Å². The number of nitrogen functional groups attached to an aromatic ring is 1. The number of aryl methyl sites for hydroxylation is 1. The summed E-state index contributed by atoms with van der Waals surface area (Å²) in [6.45, 7) is 3.11. The van der Waals surface area contributed by atoms with Crippen LogP contribution in [0.4, 0.5) is 11.5 Å². The second-order valence-corrected chi connectivity index (χ2v) is 5.84. The predicted octanol–water partition coefficient (Wildman–Crippen LogP) is 2.56. The highest BCUT2D eigenvalue weighted by Crippen LogP contribution is 2.29. The van der Waals surface area contributed by atoms with Crippen molar-refractivity contribution in [3.63, 3.8) is 0 Å². The van der Waals surface area contributed by atoms with Crippen LogP contribution in [0.15, 0.2) is 28.7 Å². The van der Waals surface area contributed by atoms with Gasteiger partial charge in [0.15, 0.2) is 12.4 Å². The van der Waals surface area contributed by atoms with Crippen molar-refractivity contribution in [2.75, 3.05) is 12.3 Å². The number of nitrogens with zero attached hydrogens (tertiary/aromatic N) is 3. The Bertz CT molecular complexity index is 1110. The first-order valence-corrected chi connectivity index (χ1v) is 8.46.